The molecule has 208 valence electrons. The first-order valence-electron chi connectivity index (χ1n) is 13.4. The molecule has 7 nitrogen and oxygen atoms in total. The highest BCUT2D eigenvalue weighted by Gasteiger charge is 2.34. The molecule has 0 aliphatic carbocycles. The molecule has 1 atom stereocenters. The first-order chi connectivity index (χ1) is 18.6. The molecule has 3 aromatic rings. The Morgan fingerprint density at radius 2 is 1.56 bits per heavy atom. The predicted octanol–water partition coefficient (Wildman–Crippen LogP) is 5.14. The van der Waals surface area contributed by atoms with E-state index < -0.39 is 28.5 Å². The number of carbonyl (C=O) groups is 2. The molecule has 8 heteroatoms. The zero-order valence-corrected chi connectivity index (χ0v) is 24.3. The van der Waals surface area contributed by atoms with Crippen LogP contribution in [0.25, 0.3) is 0 Å². The van der Waals surface area contributed by atoms with Gasteiger partial charge in [-0.15, -0.1) is 0 Å². The average Bonchev–Trinajstić information content (AvgIpc) is 2.91. The lowest BCUT2D eigenvalue weighted by atomic mass is 10.1. The zero-order valence-electron chi connectivity index (χ0n) is 23.5. The molecule has 0 saturated heterocycles. The van der Waals surface area contributed by atoms with Gasteiger partial charge in [-0.05, 0) is 62.9 Å². The summed E-state index contributed by atoms with van der Waals surface area (Å²) in [5.41, 5.74) is 4.05. The molecular weight excluding hydrogens is 510 g/mol. The summed E-state index contributed by atoms with van der Waals surface area (Å²) in [7, 11) is -4.08. The van der Waals surface area contributed by atoms with Crippen molar-refractivity contribution in [3.8, 4) is 0 Å². The molecule has 0 aromatic heterocycles. The van der Waals surface area contributed by atoms with Crippen molar-refractivity contribution < 1.29 is 18.0 Å². The average molecular weight is 550 g/mol. The fourth-order valence-corrected chi connectivity index (χ4v) is 6.11. The number of carbonyl (C=O) groups excluding carboxylic acids is 2. The Morgan fingerprint density at radius 1 is 0.872 bits per heavy atom. The number of hydrogen-bond donors (Lipinski definition) is 1. The fourth-order valence-electron chi connectivity index (χ4n) is 4.61. The third-order valence-corrected chi connectivity index (χ3v) is 8.38. The SMILES string of the molecule is CCCNC(=O)[C@@H](CC)N(Cc1cccc(C)c1)C(=O)CN(c1ccc(C)cc1C)S(=O)(=O)c1ccccc1. The van der Waals surface area contributed by atoms with Gasteiger partial charge in [0.1, 0.15) is 12.6 Å². The number of nitrogens with zero attached hydrogens (tertiary/aromatic N) is 2. The number of amides is 2. The number of nitrogens with one attached hydrogen (secondary N) is 1. The monoisotopic (exact) mass is 549 g/mol. The van der Waals surface area contributed by atoms with E-state index in [0.29, 0.717) is 18.7 Å². The lowest BCUT2D eigenvalue weighted by molar-refractivity contribution is -0.140. The molecule has 0 heterocycles. The fraction of sp³-hybridized carbons (Fsp3) is 0.355. The van der Waals surface area contributed by atoms with Crippen LogP contribution in [0.2, 0.25) is 0 Å². The van der Waals surface area contributed by atoms with Gasteiger partial charge in [-0.25, -0.2) is 8.42 Å². The molecule has 0 aliphatic rings. The number of aryl methyl sites for hydroxylation is 3. The molecule has 0 fully saturated rings. The van der Waals surface area contributed by atoms with Crippen LogP contribution >= 0.6 is 0 Å². The second-order valence-electron chi connectivity index (χ2n) is 9.84. The summed E-state index contributed by atoms with van der Waals surface area (Å²) in [6.45, 7) is 9.80. The third kappa shape index (κ3) is 7.47. The predicted molar refractivity (Wildman–Crippen MR) is 156 cm³/mol. The standard InChI is InChI=1S/C31H39N3O4S/c1-6-18-32-31(36)28(7-2)33(21-26-13-11-12-23(3)20-26)30(35)22-34(29-17-16-24(4)19-25(29)5)39(37,38)27-14-9-8-10-15-27/h8-17,19-20,28H,6-7,18,21-22H2,1-5H3,(H,32,36)/t28-/m1/s1. The van der Waals surface area contributed by atoms with Crippen LogP contribution in [0.4, 0.5) is 5.69 Å². The summed E-state index contributed by atoms with van der Waals surface area (Å²) in [5.74, 6) is -0.696. The van der Waals surface area contributed by atoms with E-state index in [-0.39, 0.29) is 17.3 Å². The van der Waals surface area contributed by atoms with Crippen molar-refractivity contribution >= 4 is 27.5 Å². The van der Waals surface area contributed by atoms with Gasteiger partial charge in [0, 0.05) is 13.1 Å². The summed E-state index contributed by atoms with van der Waals surface area (Å²) >= 11 is 0. The molecule has 3 aromatic carbocycles. The van der Waals surface area contributed by atoms with Crippen LogP contribution in [0, 0.1) is 20.8 Å². The smallest absolute Gasteiger partial charge is 0.264 e. The summed E-state index contributed by atoms with van der Waals surface area (Å²) in [6.07, 6.45) is 1.16. The van der Waals surface area contributed by atoms with Gasteiger partial charge in [0.05, 0.1) is 10.6 Å². The van der Waals surface area contributed by atoms with E-state index in [1.165, 1.54) is 21.3 Å². The van der Waals surface area contributed by atoms with E-state index in [0.717, 1.165) is 28.7 Å². The molecule has 0 radical (unpaired) electrons. The summed E-state index contributed by atoms with van der Waals surface area (Å²) in [5, 5.41) is 2.91. The van der Waals surface area contributed by atoms with E-state index >= 15 is 0 Å². The molecule has 2 amide bonds. The number of anilines is 1. The summed E-state index contributed by atoms with van der Waals surface area (Å²) in [6, 6.07) is 20.6. The largest absolute Gasteiger partial charge is 0.354 e. The first kappa shape index (κ1) is 29.9. The van der Waals surface area contributed by atoms with E-state index in [9.17, 15) is 18.0 Å². The topological polar surface area (TPSA) is 86.8 Å². The highest BCUT2D eigenvalue weighted by atomic mass is 32.2. The minimum absolute atomic E-state index is 0.0933. The Morgan fingerprint density at radius 3 is 2.18 bits per heavy atom. The molecule has 3 rings (SSSR count). The third-order valence-electron chi connectivity index (χ3n) is 6.60. The van der Waals surface area contributed by atoms with Crippen molar-refractivity contribution in [2.75, 3.05) is 17.4 Å². The molecule has 0 spiro atoms. The van der Waals surface area contributed by atoms with Crippen molar-refractivity contribution in [3.05, 3.63) is 95.1 Å². The van der Waals surface area contributed by atoms with Crippen molar-refractivity contribution in [3.63, 3.8) is 0 Å². The van der Waals surface area contributed by atoms with Gasteiger partial charge in [-0.2, -0.15) is 0 Å². The van der Waals surface area contributed by atoms with Crippen LogP contribution in [-0.4, -0.2) is 44.3 Å². The van der Waals surface area contributed by atoms with Crippen molar-refractivity contribution in [1.29, 1.82) is 0 Å². The quantitative estimate of drug-likeness (QED) is 0.339. The molecule has 0 saturated carbocycles. The number of sulfonamides is 1. The van der Waals surface area contributed by atoms with E-state index in [2.05, 4.69) is 5.32 Å². The van der Waals surface area contributed by atoms with Crippen LogP contribution < -0.4 is 9.62 Å². The van der Waals surface area contributed by atoms with Gasteiger partial charge in [0.2, 0.25) is 11.8 Å². The molecule has 0 unspecified atom stereocenters. The van der Waals surface area contributed by atoms with Crippen molar-refractivity contribution in [1.82, 2.24) is 10.2 Å². The second kappa shape index (κ2) is 13.4. The Balaban J connectivity index is 2.07. The van der Waals surface area contributed by atoms with Gasteiger partial charge in [-0.1, -0.05) is 79.6 Å². The van der Waals surface area contributed by atoms with Crippen molar-refractivity contribution in [2.24, 2.45) is 0 Å². The minimum atomic E-state index is -4.08. The van der Waals surface area contributed by atoms with Gasteiger partial charge >= 0.3 is 0 Å². The van der Waals surface area contributed by atoms with Crippen LogP contribution in [0.15, 0.2) is 77.7 Å². The Hall–Kier alpha value is -3.65. The Labute approximate surface area is 232 Å². The zero-order chi connectivity index (χ0) is 28.6. The number of benzene rings is 3. The Kier molecular flexibility index (Phi) is 10.3. The molecule has 1 N–H and O–H groups in total. The normalized spacial score (nSPS) is 12.0. The molecule has 0 aliphatic heterocycles. The van der Waals surface area contributed by atoms with Gasteiger partial charge in [0.25, 0.3) is 10.0 Å². The summed E-state index contributed by atoms with van der Waals surface area (Å²) < 4.78 is 29.0. The lowest BCUT2D eigenvalue weighted by Gasteiger charge is -2.33. The second-order valence-corrected chi connectivity index (χ2v) is 11.7. The Bertz CT molecular complexity index is 1390. The minimum Gasteiger partial charge on any atom is -0.354 e. The number of rotatable bonds is 12. The molecular formula is C31H39N3O4S. The maximum atomic E-state index is 14.1. The van der Waals surface area contributed by atoms with Gasteiger partial charge < -0.3 is 10.2 Å². The van der Waals surface area contributed by atoms with Gasteiger partial charge in [0.15, 0.2) is 0 Å². The van der Waals surface area contributed by atoms with Crippen LogP contribution in [0.5, 0.6) is 0 Å². The number of hydrogen-bond acceptors (Lipinski definition) is 4. The lowest BCUT2D eigenvalue weighted by Crippen LogP contribution is -2.52. The van der Waals surface area contributed by atoms with E-state index in [4.69, 9.17) is 0 Å². The van der Waals surface area contributed by atoms with Crippen LogP contribution in [0.1, 0.15) is 48.9 Å². The first-order valence-corrected chi connectivity index (χ1v) is 14.8. The van der Waals surface area contributed by atoms with E-state index in [1.54, 1.807) is 24.3 Å². The van der Waals surface area contributed by atoms with Crippen LogP contribution in [0.3, 0.4) is 0 Å². The highest BCUT2D eigenvalue weighted by Crippen LogP contribution is 2.28. The van der Waals surface area contributed by atoms with Gasteiger partial charge in [-0.3, -0.25) is 13.9 Å². The maximum absolute atomic E-state index is 14.1. The maximum Gasteiger partial charge on any atom is 0.264 e. The van der Waals surface area contributed by atoms with Crippen molar-refractivity contribution in [2.45, 2.75) is 64.9 Å². The summed E-state index contributed by atoms with van der Waals surface area (Å²) in [4.78, 5) is 28.9. The highest BCUT2D eigenvalue weighted by molar-refractivity contribution is 7.92. The molecule has 0 bridgehead atoms. The van der Waals surface area contributed by atoms with E-state index in [1.807, 2.05) is 71.0 Å². The van der Waals surface area contributed by atoms with Crippen LogP contribution in [-0.2, 0) is 26.2 Å². The molecule has 39 heavy (non-hydrogen) atoms.